The number of esters is 1. The predicted molar refractivity (Wildman–Crippen MR) is 93.0 cm³/mol. The SMILES string of the molecule is CCc1cccc(NC(=O)COC(=O)c2cc3ccccc3[nH]2)c1. The summed E-state index contributed by atoms with van der Waals surface area (Å²) in [6, 6.07) is 16.8. The van der Waals surface area contributed by atoms with Gasteiger partial charge in [0.15, 0.2) is 6.61 Å². The minimum Gasteiger partial charge on any atom is -0.451 e. The second-order valence-corrected chi connectivity index (χ2v) is 5.45. The van der Waals surface area contributed by atoms with Crippen LogP contribution in [0.4, 0.5) is 5.69 Å². The molecule has 0 saturated carbocycles. The molecule has 3 rings (SSSR count). The molecule has 1 heterocycles. The first-order valence-corrected chi connectivity index (χ1v) is 7.79. The lowest BCUT2D eigenvalue weighted by molar-refractivity contribution is -0.119. The molecule has 0 fully saturated rings. The highest BCUT2D eigenvalue weighted by atomic mass is 16.5. The molecule has 24 heavy (non-hydrogen) atoms. The lowest BCUT2D eigenvalue weighted by atomic mass is 10.1. The molecule has 0 aliphatic carbocycles. The predicted octanol–water partition coefficient (Wildman–Crippen LogP) is 3.53. The van der Waals surface area contributed by atoms with Crippen LogP contribution in [0.15, 0.2) is 54.6 Å². The van der Waals surface area contributed by atoms with Crippen molar-refractivity contribution in [1.82, 2.24) is 4.98 Å². The van der Waals surface area contributed by atoms with Crippen molar-refractivity contribution in [1.29, 1.82) is 0 Å². The van der Waals surface area contributed by atoms with Crippen LogP contribution in [0.1, 0.15) is 23.0 Å². The number of aromatic nitrogens is 1. The Morgan fingerprint density at radius 1 is 1.08 bits per heavy atom. The summed E-state index contributed by atoms with van der Waals surface area (Å²) >= 11 is 0. The highest BCUT2D eigenvalue weighted by molar-refractivity contribution is 5.97. The lowest BCUT2D eigenvalue weighted by Crippen LogP contribution is -2.21. The van der Waals surface area contributed by atoms with Crippen molar-refractivity contribution in [2.75, 3.05) is 11.9 Å². The third-order valence-corrected chi connectivity index (χ3v) is 3.70. The zero-order valence-corrected chi connectivity index (χ0v) is 13.3. The molecule has 2 N–H and O–H groups in total. The summed E-state index contributed by atoms with van der Waals surface area (Å²) in [4.78, 5) is 26.9. The Morgan fingerprint density at radius 2 is 1.92 bits per heavy atom. The fourth-order valence-electron chi connectivity index (χ4n) is 2.46. The number of nitrogens with one attached hydrogen (secondary N) is 2. The number of carbonyl (C=O) groups excluding carboxylic acids is 2. The van der Waals surface area contributed by atoms with Gasteiger partial charge >= 0.3 is 5.97 Å². The van der Waals surface area contributed by atoms with Crippen LogP contribution in [0, 0.1) is 0 Å². The van der Waals surface area contributed by atoms with E-state index in [0.717, 1.165) is 22.9 Å². The standard InChI is InChI=1S/C19H18N2O3/c1-2-13-6-5-8-15(10-13)20-18(22)12-24-19(23)17-11-14-7-3-4-9-16(14)21-17/h3-11,21H,2,12H2,1H3,(H,20,22). The average Bonchev–Trinajstić information content (AvgIpc) is 3.04. The number of fused-ring (bicyclic) bond motifs is 1. The highest BCUT2D eigenvalue weighted by Gasteiger charge is 2.13. The van der Waals surface area contributed by atoms with Crippen LogP contribution in [0.5, 0.6) is 0 Å². The summed E-state index contributed by atoms with van der Waals surface area (Å²) in [7, 11) is 0. The van der Waals surface area contributed by atoms with E-state index in [1.807, 2.05) is 49.4 Å². The largest absolute Gasteiger partial charge is 0.451 e. The van der Waals surface area contributed by atoms with Crippen molar-refractivity contribution in [3.05, 3.63) is 65.9 Å². The molecule has 0 unspecified atom stereocenters. The fourth-order valence-corrected chi connectivity index (χ4v) is 2.46. The number of para-hydroxylation sites is 1. The molecule has 0 atom stereocenters. The Balaban J connectivity index is 1.58. The number of aryl methyl sites for hydroxylation is 1. The number of ether oxygens (including phenoxy) is 1. The van der Waals surface area contributed by atoms with E-state index in [4.69, 9.17) is 4.74 Å². The molecular formula is C19H18N2O3. The van der Waals surface area contributed by atoms with Crippen molar-refractivity contribution in [2.24, 2.45) is 0 Å². The van der Waals surface area contributed by atoms with Gasteiger partial charge in [-0.1, -0.05) is 37.3 Å². The van der Waals surface area contributed by atoms with Crippen LogP contribution in [0.2, 0.25) is 0 Å². The summed E-state index contributed by atoms with van der Waals surface area (Å²) in [5, 5.41) is 3.65. The average molecular weight is 322 g/mol. The summed E-state index contributed by atoms with van der Waals surface area (Å²) in [5.41, 5.74) is 3.01. The Hall–Kier alpha value is -3.08. The van der Waals surface area contributed by atoms with Gasteiger partial charge in [0.05, 0.1) is 0 Å². The molecule has 0 spiro atoms. The third-order valence-electron chi connectivity index (χ3n) is 3.70. The number of amides is 1. The molecule has 3 aromatic rings. The van der Waals surface area contributed by atoms with Gasteiger partial charge in [-0.15, -0.1) is 0 Å². The summed E-state index contributed by atoms with van der Waals surface area (Å²) in [6.45, 7) is 1.72. The number of aromatic amines is 1. The molecule has 5 heteroatoms. The number of rotatable bonds is 5. The minimum absolute atomic E-state index is 0.329. The van der Waals surface area contributed by atoms with Crippen LogP contribution in [-0.4, -0.2) is 23.5 Å². The first kappa shape index (κ1) is 15.8. The van der Waals surface area contributed by atoms with Crippen LogP contribution < -0.4 is 5.32 Å². The van der Waals surface area contributed by atoms with Crippen LogP contribution in [0.3, 0.4) is 0 Å². The molecule has 0 radical (unpaired) electrons. The fraction of sp³-hybridized carbons (Fsp3) is 0.158. The van der Waals surface area contributed by atoms with Gasteiger partial charge in [0.1, 0.15) is 5.69 Å². The first-order chi connectivity index (χ1) is 11.7. The third kappa shape index (κ3) is 3.63. The number of anilines is 1. The number of benzene rings is 2. The zero-order chi connectivity index (χ0) is 16.9. The van der Waals surface area contributed by atoms with Gasteiger partial charge in [0.2, 0.25) is 0 Å². The molecular weight excluding hydrogens is 304 g/mol. The molecule has 2 aromatic carbocycles. The zero-order valence-electron chi connectivity index (χ0n) is 13.3. The van der Waals surface area contributed by atoms with E-state index >= 15 is 0 Å². The number of hydrogen-bond acceptors (Lipinski definition) is 3. The van der Waals surface area contributed by atoms with Crippen molar-refractivity contribution >= 4 is 28.5 Å². The number of carbonyl (C=O) groups is 2. The normalized spacial score (nSPS) is 10.5. The van der Waals surface area contributed by atoms with Gasteiger partial charge in [-0.2, -0.15) is 0 Å². The molecule has 1 amide bonds. The van der Waals surface area contributed by atoms with Gasteiger partial charge < -0.3 is 15.0 Å². The molecule has 5 nitrogen and oxygen atoms in total. The van der Waals surface area contributed by atoms with Gasteiger partial charge in [-0.3, -0.25) is 4.79 Å². The Bertz CT molecular complexity index is 850. The molecule has 0 aliphatic rings. The molecule has 1 aromatic heterocycles. The number of H-pyrrole nitrogens is 1. The molecule has 0 bridgehead atoms. The monoisotopic (exact) mass is 322 g/mol. The second kappa shape index (κ2) is 7.00. The van der Waals surface area contributed by atoms with Crippen LogP contribution in [-0.2, 0) is 16.0 Å². The maximum absolute atomic E-state index is 12.0. The maximum Gasteiger partial charge on any atom is 0.355 e. The summed E-state index contributed by atoms with van der Waals surface area (Å²) < 4.78 is 5.07. The maximum atomic E-state index is 12.0. The van der Waals surface area contributed by atoms with Crippen molar-refractivity contribution in [3.8, 4) is 0 Å². The summed E-state index contributed by atoms with van der Waals surface area (Å²) in [6.07, 6.45) is 0.888. The Morgan fingerprint density at radius 3 is 2.71 bits per heavy atom. The number of hydrogen-bond donors (Lipinski definition) is 2. The quantitative estimate of drug-likeness (QED) is 0.706. The van der Waals surface area contributed by atoms with Crippen LogP contribution >= 0.6 is 0 Å². The van der Waals surface area contributed by atoms with E-state index < -0.39 is 5.97 Å². The topological polar surface area (TPSA) is 71.2 Å². The van der Waals surface area contributed by atoms with E-state index in [1.165, 1.54) is 0 Å². The van der Waals surface area contributed by atoms with Gasteiger partial charge in [0, 0.05) is 16.6 Å². The van der Waals surface area contributed by atoms with Crippen LogP contribution in [0.25, 0.3) is 10.9 Å². The Kier molecular flexibility index (Phi) is 4.61. The van der Waals surface area contributed by atoms with Gasteiger partial charge in [-0.05, 0) is 36.2 Å². The lowest BCUT2D eigenvalue weighted by Gasteiger charge is -2.07. The van der Waals surface area contributed by atoms with Crippen molar-refractivity contribution in [3.63, 3.8) is 0 Å². The van der Waals surface area contributed by atoms with E-state index in [0.29, 0.717) is 11.4 Å². The Labute approximate surface area is 139 Å². The molecule has 122 valence electrons. The summed E-state index contributed by atoms with van der Waals surface area (Å²) in [5.74, 6) is -0.920. The van der Waals surface area contributed by atoms with Crippen molar-refractivity contribution in [2.45, 2.75) is 13.3 Å². The highest BCUT2D eigenvalue weighted by Crippen LogP contribution is 2.15. The van der Waals surface area contributed by atoms with E-state index in [9.17, 15) is 9.59 Å². The minimum atomic E-state index is -0.552. The van der Waals surface area contributed by atoms with E-state index in [1.54, 1.807) is 12.1 Å². The van der Waals surface area contributed by atoms with E-state index in [2.05, 4.69) is 10.3 Å². The molecule has 0 saturated heterocycles. The smallest absolute Gasteiger partial charge is 0.355 e. The molecule has 0 aliphatic heterocycles. The second-order valence-electron chi connectivity index (χ2n) is 5.45. The van der Waals surface area contributed by atoms with E-state index in [-0.39, 0.29) is 12.5 Å². The van der Waals surface area contributed by atoms with Gasteiger partial charge in [-0.25, -0.2) is 4.79 Å². The van der Waals surface area contributed by atoms with Crippen molar-refractivity contribution < 1.29 is 14.3 Å². The van der Waals surface area contributed by atoms with Gasteiger partial charge in [0.25, 0.3) is 5.91 Å². The first-order valence-electron chi connectivity index (χ1n) is 7.79.